The molecule has 4 heterocycles. The number of nitrogens with zero attached hydrogens (tertiary/aromatic N) is 8. The normalized spacial score (nSPS) is 9.88. The first-order valence-electron chi connectivity index (χ1n) is 17.8. The fraction of sp³-hybridized carbons (Fsp3) is 0.263. The van der Waals surface area contributed by atoms with Crippen LogP contribution in [0.4, 0.5) is 11.4 Å². The minimum atomic E-state index is -1.13. The number of hydrogen-bond acceptors (Lipinski definition) is 13. The largest absolute Gasteiger partial charge is 0.478 e. The molecule has 0 fully saturated rings. The molecule has 2 aromatic carbocycles. The summed E-state index contributed by atoms with van der Waals surface area (Å²) in [5.74, 6) is -0.866. The maximum atomic E-state index is 12.3. The van der Waals surface area contributed by atoms with Crippen molar-refractivity contribution in [2.45, 2.75) is 58.8 Å². The van der Waals surface area contributed by atoms with E-state index in [1.807, 2.05) is 78.3 Å². The lowest BCUT2D eigenvalue weighted by molar-refractivity contribution is 0.0525. The van der Waals surface area contributed by atoms with Crippen LogP contribution in [0.25, 0.3) is 23.0 Å². The number of imidazole rings is 2. The summed E-state index contributed by atoms with van der Waals surface area (Å²) < 4.78 is 9.87. The van der Waals surface area contributed by atoms with Gasteiger partial charge in [-0.15, -0.1) is 0 Å². The average Bonchev–Trinajstić information content (AvgIpc) is 3.92. The fourth-order valence-corrected chi connectivity index (χ4v) is 6.62. The van der Waals surface area contributed by atoms with Crippen LogP contribution < -0.4 is 10.9 Å². The molecule has 4 aromatic heterocycles. The standard InChI is InChI=1S/C17H15BrClN5O2S.C15H11BrClN5O2S.3C2H6/c1-3-26-16(25)10-9-21-17(27-2)22-13(10)15-20-7-8-24(15)23-14-11(18)5-4-6-12(14)19;1-25-15-19-7-8(14(23)24)11(20-15)13-18-5-6-22(13)21-12-9(16)3-2-4-10(12)17;3*1-2/h4-9,23H,3H2,1-2H3;2-7,21H,1H3,(H,23,24);3*1-2H3. The van der Waals surface area contributed by atoms with E-state index < -0.39 is 11.9 Å². The van der Waals surface area contributed by atoms with Gasteiger partial charge in [0.2, 0.25) is 0 Å². The van der Waals surface area contributed by atoms with E-state index in [-0.39, 0.29) is 23.4 Å². The summed E-state index contributed by atoms with van der Waals surface area (Å²) in [6.07, 6.45) is 12.9. The van der Waals surface area contributed by atoms with E-state index in [4.69, 9.17) is 27.9 Å². The van der Waals surface area contributed by atoms with E-state index in [0.29, 0.717) is 49.1 Å². The molecule has 0 spiro atoms. The molecule has 0 amide bonds. The Kier molecular flexibility index (Phi) is 22.4. The zero-order valence-electron chi connectivity index (χ0n) is 33.2. The van der Waals surface area contributed by atoms with Gasteiger partial charge in [-0.25, -0.2) is 48.8 Å². The van der Waals surface area contributed by atoms with Crippen molar-refractivity contribution in [3.05, 3.63) is 104 Å². The summed E-state index contributed by atoms with van der Waals surface area (Å²) in [4.78, 5) is 49.4. The minimum Gasteiger partial charge on any atom is -0.478 e. The highest BCUT2D eigenvalue weighted by atomic mass is 79.9. The molecule has 0 saturated carbocycles. The van der Waals surface area contributed by atoms with Gasteiger partial charge in [0.1, 0.15) is 22.5 Å². The number of carboxylic acid groups (broad SMARTS) is 1. The predicted molar refractivity (Wildman–Crippen MR) is 243 cm³/mol. The molecule has 20 heteroatoms. The lowest BCUT2D eigenvalue weighted by Crippen LogP contribution is -2.15. The molecule has 58 heavy (non-hydrogen) atoms. The molecule has 0 saturated heterocycles. The topological polar surface area (TPSA) is 175 Å². The van der Waals surface area contributed by atoms with Gasteiger partial charge in [-0.2, -0.15) is 0 Å². The Morgan fingerprint density at radius 2 is 1.14 bits per heavy atom. The van der Waals surface area contributed by atoms with Gasteiger partial charge in [0.25, 0.3) is 0 Å². The van der Waals surface area contributed by atoms with Crippen LogP contribution >= 0.6 is 78.6 Å². The summed E-state index contributed by atoms with van der Waals surface area (Å²) in [5.41, 5.74) is 8.36. The van der Waals surface area contributed by atoms with Crippen LogP contribution in [0.15, 0.2) is 92.8 Å². The second-order valence-electron chi connectivity index (χ2n) is 9.92. The maximum absolute atomic E-state index is 12.3. The zero-order chi connectivity index (χ0) is 43.4. The number of anilines is 2. The monoisotopic (exact) mass is 996 g/mol. The SMILES string of the molecule is CC.CC.CC.CCOC(=O)c1cnc(SC)nc1-c1nccn1Nc1c(Cl)cccc1Br.CSc1ncc(C(=O)O)c(-c2nccn2Nc2c(Cl)cccc2Br)n1. The van der Waals surface area contributed by atoms with Gasteiger partial charge in [-0.1, -0.05) is 100 Å². The molecule has 0 unspecified atom stereocenters. The Hall–Kier alpha value is -4.20. The van der Waals surface area contributed by atoms with Crippen molar-refractivity contribution in [2.75, 3.05) is 30.0 Å². The molecule has 6 rings (SSSR count). The first-order valence-corrected chi connectivity index (χ1v) is 22.6. The number of benzene rings is 2. The summed E-state index contributed by atoms with van der Waals surface area (Å²) in [5, 5.41) is 11.4. The lowest BCUT2D eigenvalue weighted by Gasteiger charge is -2.15. The number of carbonyl (C=O) groups is 2. The maximum Gasteiger partial charge on any atom is 0.342 e. The Morgan fingerprint density at radius 3 is 1.52 bits per heavy atom. The molecule has 0 bridgehead atoms. The molecular weight excluding hydrogens is 955 g/mol. The molecule has 0 aliphatic rings. The van der Waals surface area contributed by atoms with E-state index in [1.54, 1.807) is 53.2 Å². The quantitative estimate of drug-likeness (QED) is 0.0635. The second kappa shape index (κ2) is 26.0. The first kappa shape index (κ1) is 49.9. The number of nitrogens with one attached hydrogen (secondary N) is 2. The minimum absolute atomic E-state index is 0.0368. The third-order valence-corrected chi connectivity index (χ3v) is 9.79. The second-order valence-corrected chi connectivity index (χ2v) is 14.0. The molecule has 0 atom stereocenters. The van der Waals surface area contributed by atoms with Gasteiger partial charge in [-0.3, -0.25) is 10.9 Å². The van der Waals surface area contributed by atoms with Crippen molar-refractivity contribution in [3.8, 4) is 23.0 Å². The van der Waals surface area contributed by atoms with Gasteiger partial charge < -0.3 is 9.84 Å². The summed E-state index contributed by atoms with van der Waals surface area (Å²) >= 11 is 22.1. The number of aromatic nitrogens is 8. The van der Waals surface area contributed by atoms with Gasteiger partial charge in [0, 0.05) is 46.1 Å². The number of thioether (sulfide) groups is 2. The van der Waals surface area contributed by atoms with E-state index >= 15 is 0 Å². The summed E-state index contributed by atoms with van der Waals surface area (Å²) in [6.45, 7) is 14.0. The highest BCUT2D eigenvalue weighted by Gasteiger charge is 2.22. The number of rotatable bonds is 11. The highest BCUT2D eigenvalue weighted by Crippen LogP contribution is 2.33. The van der Waals surface area contributed by atoms with E-state index in [0.717, 1.165) is 8.95 Å². The van der Waals surface area contributed by atoms with Crippen LogP contribution in [-0.4, -0.2) is 75.4 Å². The fourth-order valence-electron chi connectivity index (χ4n) is 4.37. The van der Waals surface area contributed by atoms with Crippen molar-refractivity contribution >= 4 is 102 Å². The van der Waals surface area contributed by atoms with E-state index in [2.05, 4.69) is 72.6 Å². The van der Waals surface area contributed by atoms with Gasteiger partial charge in [-0.05, 0) is 75.6 Å². The van der Waals surface area contributed by atoms with Crippen LogP contribution in [0.5, 0.6) is 0 Å². The average molecular weight is 1000 g/mol. The van der Waals surface area contributed by atoms with E-state index in [9.17, 15) is 14.7 Å². The number of esters is 1. The first-order chi connectivity index (χ1) is 28.1. The van der Waals surface area contributed by atoms with Crippen LogP contribution in [0.1, 0.15) is 69.2 Å². The number of carbonyl (C=O) groups excluding carboxylic acids is 1. The smallest absolute Gasteiger partial charge is 0.342 e. The Labute approximate surface area is 373 Å². The number of hydrogen-bond donors (Lipinski definition) is 3. The molecule has 310 valence electrons. The number of aromatic carboxylic acids is 1. The van der Waals surface area contributed by atoms with Gasteiger partial charge in [0.15, 0.2) is 22.0 Å². The number of ether oxygens (including phenoxy) is 1. The van der Waals surface area contributed by atoms with Crippen molar-refractivity contribution in [1.82, 2.24) is 39.3 Å². The predicted octanol–water partition coefficient (Wildman–Crippen LogP) is 11.7. The van der Waals surface area contributed by atoms with Crippen molar-refractivity contribution in [2.24, 2.45) is 0 Å². The van der Waals surface area contributed by atoms with Crippen LogP contribution in [0, 0.1) is 0 Å². The Balaban J connectivity index is 0.000000355. The number of halogens is 4. The third-order valence-electron chi connectivity index (χ3n) is 6.72. The number of carboxylic acids is 1. The molecule has 3 N–H and O–H groups in total. The Morgan fingerprint density at radius 1 is 0.724 bits per heavy atom. The molecule has 0 aliphatic carbocycles. The van der Waals surface area contributed by atoms with Crippen LogP contribution in [-0.2, 0) is 4.74 Å². The van der Waals surface area contributed by atoms with Crippen molar-refractivity contribution in [3.63, 3.8) is 0 Å². The molecule has 0 aliphatic heterocycles. The Bertz CT molecular complexity index is 2210. The summed E-state index contributed by atoms with van der Waals surface area (Å²) in [6, 6.07) is 10.9. The lowest BCUT2D eigenvalue weighted by atomic mass is 10.2. The highest BCUT2D eigenvalue weighted by molar-refractivity contribution is 9.11. The molecular formula is C38H44Br2Cl2N10O4S2. The zero-order valence-corrected chi connectivity index (χ0v) is 39.5. The van der Waals surface area contributed by atoms with Crippen molar-refractivity contribution < 1.29 is 19.4 Å². The third kappa shape index (κ3) is 13.2. The molecule has 0 radical (unpaired) electrons. The van der Waals surface area contributed by atoms with Gasteiger partial charge >= 0.3 is 11.9 Å². The van der Waals surface area contributed by atoms with Crippen LogP contribution in [0.2, 0.25) is 10.0 Å². The van der Waals surface area contributed by atoms with Gasteiger partial charge in [0.05, 0.1) is 28.0 Å². The summed E-state index contributed by atoms with van der Waals surface area (Å²) in [7, 11) is 0. The molecule has 6 aromatic rings. The molecule has 14 nitrogen and oxygen atoms in total. The number of para-hydroxylation sites is 2. The van der Waals surface area contributed by atoms with Crippen LogP contribution in [0.3, 0.4) is 0 Å². The van der Waals surface area contributed by atoms with Crippen molar-refractivity contribution in [1.29, 1.82) is 0 Å². The van der Waals surface area contributed by atoms with E-state index in [1.165, 1.54) is 35.9 Å².